The van der Waals surface area contributed by atoms with E-state index >= 15 is 0 Å². The third kappa shape index (κ3) is 3.83. The lowest BCUT2D eigenvalue weighted by Crippen LogP contribution is -2.31. The molecule has 6 heteroatoms. The lowest BCUT2D eigenvalue weighted by molar-refractivity contribution is -0.130. The van der Waals surface area contributed by atoms with Gasteiger partial charge in [0.15, 0.2) is 0 Å². The maximum atomic E-state index is 12.0. The smallest absolute Gasteiger partial charge is 0.224 e. The predicted molar refractivity (Wildman–Crippen MR) is 84.2 cm³/mol. The van der Waals surface area contributed by atoms with Crippen LogP contribution in [-0.4, -0.2) is 40.4 Å². The van der Waals surface area contributed by atoms with Crippen LogP contribution in [0.2, 0.25) is 0 Å². The van der Waals surface area contributed by atoms with Crippen molar-refractivity contribution in [3.8, 4) is 0 Å². The quantitative estimate of drug-likeness (QED) is 0.801. The molecular formula is C15H25N5O. The molecule has 1 aliphatic carbocycles. The Bertz CT molecular complexity index is 509. The Hall–Kier alpha value is -1.85. The number of anilines is 2. The summed E-state index contributed by atoms with van der Waals surface area (Å²) in [7, 11) is 0. The van der Waals surface area contributed by atoms with E-state index in [9.17, 15) is 4.79 Å². The summed E-state index contributed by atoms with van der Waals surface area (Å²) in [6, 6.07) is 0. The Morgan fingerprint density at radius 2 is 2.00 bits per heavy atom. The van der Waals surface area contributed by atoms with E-state index in [1.54, 1.807) is 0 Å². The van der Waals surface area contributed by atoms with Crippen molar-refractivity contribution in [2.24, 2.45) is 0 Å². The van der Waals surface area contributed by atoms with Gasteiger partial charge in [-0.3, -0.25) is 4.79 Å². The van der Waals surface area contributed by atoms with Crippen molar-refractivity contribution in [3.05, 3.63) is 11.4 Å². The molecule has 1 amide bonds. The van der Waals surface area contributed by atoms with Crippen LogP contribution in [0.25, 0.3) is 0 Å². The molecule has 0 aliphatic heterocycles. The van der Waals surface area contributed by atoms with Crippen LogP contribution < -0.4 is 11.1 Å². The molecule has 1 heterocycles. The van der Waals surface area contributed by atoms with Crippen LogP contribution in [0.4, 0.5) is 11.6 Å². The van der Waals surface area contributed by atoms with E-state index in [-0.39, 0.29) is 5.91 Å². The van der Waals surface area contributed by atoms with Crippen molar-refractivity contribution in [1.82, 2.24) is 14.9 Å². The lowest BCUT2D eigenvalue weighted by Gasteiger charge is -2.19. The first kappa shape index (κ1) is 15.5. The highest BCUT2D eigenvalue weighted by atomic mass is 16.2. The molecule has 0 bridgehead atoms. The second-order valence-corrected chi connectivity index (χ2v) is 5.46. The number of amides is 1. The van der Waals surface area contributed by atoms with Crippen LogP contribution in [0.15, 0.2) is 0 Å². The fourth-order valence-corrected chi connectivity index (χ4v) is 2.27. The van der Waals surface area contributed by atoms with E-state index in [2.05, 4.69) is 15.3 Å². The SMILES string of the molecule is CCN(CC)C(=O)CCNc1nc(C2CC2)nc(N)c1C. The van der Waals surface area contributed by atoms with E-state index in [1.165, 1.54) is 0 Å². The van der Waals surface area contributed by atoms with Gasteiger partial charge in [0.1, 0.15) is 17.5 Å². The Morgan fingerprint density at radius 3 is 2.57 bits per heavy atom. The molecule has 0 radical (unpaired) electrons. The standard InChI is InChI=1S/C15H25N5O/c1-4-20(5-2)12(21)8-9-17-14-10(3)13(16)18-15(19-14)11-6-7-11/h11H,4-9H2,1-3H3,(H3,16,17,18,19). The number of hydrogen-bond acceptors (Lipinski definition) is 5. The van der Waals surface area contributed by atoms with Crippen LogP contribution in [-0.2, 0) is 4.79 Å². The highest BCUT2D eigenvalue weighted by molar-refractivity contribution is 5.76. The van der Waals surface area contributed by atoms with Gasteiger partial charge in [-0.2, -0.15) is 0 Å². The maximum absolute atomic E-state index is 12.0. The van der Waals surface area contributed by atoms with Gasteiger partial charge in [-0.25, -0.2) is 9.97 Å². The third-order valence-corrected chi connectivity index (χ3v) is 3.89. The van der Waals surface area contributed by atoms with Crippen LogP contribution >= 0.6 is 0 Å². The summed E-state index contributed by atoms with van der Waals surface area (Å²) >= 11 is 0. The molecular weight excluding hydrogens is 266 g/mol. The number of carbonyl (C=O) groups is 1. The summed E-state index contributed by atoms with van der Waals surface area (Å²) in [6.07, 6.45) is 2.74. The van der Waals surface area contributed by atoms with Crippen molar-refractivity contribution in [1.29, 1.82) is 0 Å². The monoisotopic (exact) mass is 291 g/mol. The molecule has 116 valence electrons. The largest absolute Gasteiger partial charge is 0.383 e. The molecule has 0 aromatic carbocycles. The Kier molecular flexibility index (Phi) is 4.98. The normalized spacial score (nSPS) is 14.0. The average Bonchev–Trinajstić information content (AvgIpc) is 3.29. The average molecular weight is 291 g/mol. The van der Waals surface area contributed by atoms with Gasteiger partial charge in [-0.15, -0.1) is 0 Å². The van der Waals surface area contributed by atoms with Gasteiger partial charge >= 0.3 is 0 Å². The molecule has 0 saturated heterocycles. The van der Waals surface area contributed by atoms with Crippen molar-refractivity contribution in [3.63, 3.8) is 0 Å². The number of nitrogens with one attached hydrogen (secondary N) is 1. The highest BCUT2D eigenvalue weighted by Gasteiger charge is 2.27. The molecule has 3 N–H and O–H groups in total. The number of nitrogens with two attached hydrogens (primary N) is 1. The van der Waals surface area contributed by atoms with Crippen molar-refractivity contribution < 1.29 is 4.79 Å². The molecule has 2 rings (SSSR count). The lowest BCUT2D eigenvalue weighted by atomic mass is 10.2. The second kappa shape index (κ2) is 6.74. The summed E-state index contributed by atoms with van der Waals surface area (Å²) in [6.45, 7) is 7.95. The molecule has 21 heavy (non-hydrogen) atoms. The molecule has 0 atom stereocenters. The maximum Gasteiger partial charge on any atom is 0.224 e. The fourth-order valence-electron chi connectivity index (χ4n) is 2.27. The summed E-state index contributed by atoms with van der Waals surface area (Å²) < 4.78 is 0. The molecule has 1 aromatic heterocycles. The fraction of sp³-hybridized carbons (Fsp3) is 0.667. The zero-order valence-electron chi connectivity index (χ0n) is 13.1. The molecule has 1 aromatic rings. The van der Waals surface area contributed by atoms with Crippen molar-refractivity contribution in [2.75, 3.05) is 30.7 Å². The van der Waals surface area contributed by atoms with E-state index in [4.69, 9.17) is 5.73 Å². The van der Waals surface area contributed by atoms with E-state index in [0.717, 1.165) is 43.1 Å². The summed E-state index contributed by atoms with van der Waals surface area (Å²) in [5.41, 5.74) is 6.80. The minimum Gasteiger partial charge on any atom is -0.383 e. The van der Waals surface area contributed by atoms with E-state index in [1.807, 2.05) is 25.7 Å². The number of hydrogen-bond donors (Lipinski definition) is 2. The molecule has 6 nitrogen and oxygen atoms in total. The number of nitrogen functional groups attached to an aromatic ring is 1. The number of nitrogens with zero attached hydrogens (tertiary/aromatic N) is 3. The summed E-state index contributed by atoms with van der Waals surface area (Å²) in [4.78, 5) is 22.7. The molecule has 0 spiro atoms. The molecule has 0 unspecified atom stereocenters. The highest BCUT2D eigenvalue weighted by Crippen LogP contribution is 2.39. The Balaban J connectivity index is 1.95. The third-order valence-electron chi connectivity index (χ3n) is 3.89. The Labute approximate surface area is 126 Å². The van der Waals surface area contributed by atoms with Gasteiger partial charge in [0, 0.05) is 37.5 Å². The minimum absolute atomic E-state index is 0.162. The first-order chi connectivity index (χ1) is 10.1. The topological polar surface area (TPSA) is 84.1 Å². The second-order valence-electron chi connectivity index (χ2n) is 5.46. The van der Waals surface area contributed by atoms with Gasteiger partial charge in [0.05, 0.1) is 0 Å². The summed E-state index contributed by atoms with van der Waals surface area (Å²) in [5.74, 6) is 2.75. The van der Waals surface area contributed by atoms with Gasteiger partial charge < -0.3 is 16.0 Å². The number of aromatic nitrogens is 2. The van der Waals surface area contributed by atoms with Gasteiger partial charge in [-0.05, 0) is 33.6 Å². The van der Waals surface area contributed by atoms with Crippen molar-refractivity contribution in [2.45, 2.75) is 46.0 Å². The molecule has 1 saturated carbocycles. The zero-order chi connectivity index (χ0) is 15.4. The molecule has 1 fully saturated rings. The predicted octanol–water partition coefficient (Wildman–Crippen LogP) is 1.92. The van der Waals surface area contributed by atoms with Gasteiger partial charge in [0.2, 0.25) is 5.91 Å². The van der Waals surface area contributed by atoms with Crippen molar-refractivity contribution >= 4 is 17.5 Å². The molecule has 1 aliphatic rings. The van der Waals surface area contributed by atoms with Crippen LogP contribution in [0, 0.1) is 6.92 Å². The zero-order valence-corrected chi connectivity index (χ0v) is 13.1. The van der Waals surface area contributed by atoms with Crippen LogP contribution in [0.3, 0.4) is 0 Å². The van der Waals surface area contributed by atoms with Gasteiger partial charge in [-0.1, -0.05) is 0 Å². The first-order valence-electron chi connectivity index (χ1n) is 7.72. The number of carbonyl (C=O) groups excluding carboxylic acids is 1. The Morgan fingerprint density at radius 1 is 1.33 bits per heavy atom. The minimum atomic E-state index is 0.162. The van der Waals surface area contributed by atoms with E-state index < -0.39 is 0 Å². The number of rotatable bonds is 7. The van der Waals surface area contributed by atoms with Crippen LogP contribution in [0.5, 0.6) is 0 Å². The summed E-state index contributed by atoms with van der Waals surface area (Å²) in [5, 5.41) is 3.23. The van der Waals surface area contributed by atoms with Gasteiger partial charge in [0.25, 0.3) is 0 Å². The van der Waals surface area contributed by atoms with E-state index in [0.29, 0.717) is 24.7 Å². The van der Waals surface area contributed by atoms with Crippen LogP contribution in [0.1, 0.15) is 50.4 Å². The first-order valence-corrected chi connectivity index (χ1v) is 7.72.